The number of rotatable bonds is 4. The smallest absolute Gasteiger partial charge is 0.0701 e. The molecule has 0 saturated heterocycles. The van der Waals surface area contributed by atoms with E-state index in [1.165, 1.54) is 10.4 Å². The second-order valence-corrected chi connectivity index (χ2v) is 6.28. The van der Waals surface area contributed by atoms with Crippen LogP contribution in [0.25, 0.3) is 0 Å². The molecule has 0 aliphatic rings. The van der Waals surface area contributed by atoms with Gasteiger partial charge in [0.05, 0.1) is 3.79 Å². The molecule has 2 aromatic heterocycles. The molecule has 2 N–H and O–H groups in total. The van der Waals surface area contributed by atoms with E-state index in [-0.39, 0.29) is 6.04 Å². The minimum absolute atomic E-state index is 0.162. The number of thiophene rings is 1. The highest BCUT2D eigenvalue weighted by atomic mass is 79.9. The zero-order chi connectivity index (χ0) is 11.4. The third kappa shape index (κ3) is 3.40. The van der Waals surface area contributed by atoms with Gasteiger partial charge >= 0.3 is 0 Å². The van der Waals surface area contributed by atoms with E-state index in [0.29, 0.717) is 0 Å². The van der Waals surface area contributed by atoms with Gasteiger partial charge in [0.15, 0.2) is 0 Å². The second kappa shape index (κ2) is 5.57. The molecule has 0 aliphatic heterocycles. The van der Waals surface area contributed by atoms with Gasteiger partial charge < -0.3 is 5.73 Å². The van der Waals surface area contributed by atoms with Gasteiger partial charge in [0.2, 0.25) is 0 Å². The first-order valence-corrected chi connectivity index (χ1v) is 6.73. The summed E-state index contributed by atoms with van der Waals surface area (Å²) in [5, 5.41) is 0. The molecule has 2 aromatic rings. The molecule has 0 spiro atoms. The van der Waals surface area contributed by atoms with Crippen LogP contribution in [-0.4, -0.2) is 11.0 Å². The Bertz CT molecular complexity index is 441. The summed E-state index contributed by atoms with van der Waals surface area (Å²) in [7, 11) is 0. The highest BCUT2D eigenvalue weighted by Crippen LogP contribution is 2.23. The van der Waals surface area contributed by atoms with Crippen LogP contribution in [0.3, 0.4) is 0 Å². The summed E-state index contributed by atoms with van der Waals surface area (Å²) in [5.41, 5.74) is 7.31. The molecule has 0 radical (unpaired) electrons. The monoisotopic (exact) mass is 296 g/mol. The van der Waals surface area contributed by atoms with Gasteiger partial charge in [-0.05, 0) is 52.5 Å². The van der Waals surface area contributed by atoms with Crippen LogP contribution in [0, 0.1) is 0 Å². The van der Waals surface area contributed by atoms with E-state index in [0.717, 1.165) is 16.6 Å². The maximum Gasteiger partial charge on any atom is 0.0701 e. The number of pyridine rings is 1. The summed E-state index contributed by atoms with van der Waals surface area (Å²) < 4.78 is 1.16. The van der Waals surface area contributed by atoms with Crippen molar-refractivity contribution in [3.8, 4) is 0 Å². The van der Waals surface area contributed by atoms with E-state index in [1.54, 1.807) is 17.5 Å². The molecule has 0 aromatic carbocycles. The zero-order valence-corrected chi connectivity index (χ0v) is 11.2. The van der Waals surface area contributed by atoms with Gasteiger partial charge in [0.25, 0.3) is 0 Å². The number of aromatic nitrogens is 1. The van der Waals surface area contributed by atoms with Crippen molar-refractivity contribution in [3.05, 3.63) is 50.9 Å². The van der Waals surface area contributed by atoms with Crippen molar-refractivity contribution >= 4 is 27.3 Å². The highest BCUT2D eigenvalue weighted by Gasteiger charge is 2.07. The van der Waals surface area contributed by atoms with Crippen molar-refractivity contribution in [2.45, 2.75) is 18.9 Å². The third-order valence-corrected chi connectivity index (χ3v) is 3.96. The van der Waals surface area contributed by atoms with Crippen molar-refractivity contribution in [2.24, 2.45) is 5.73 Å². The van der Waals surface area contributed by atoms with Gasteiger partial charge in [0, 0.05) is 23.3 Å². The minimum atomic E-state index is 0.162. The van der Waals surface area contributed by atoms with Crippen molar-refractivity contribution in [1.82, 2.24) is 4.98 Å². The number of hydrogen-bond donors (Lipinski definition) is 1. The van der Waals surface area contributed by atoms with E-state index in [1.807, 2.05) is 12.3 Å². The lowest BCUT2D eigenvalue weighted by Gasteiger charge is -2.09. The summed E-state index contributed by atoms with van der Waals surface area (Å²) >= 11 is 5.20. The van der Waals surface area contributed by atoms with E-state index >= 15 is 0 Å². The maximum atomic E-state index is 6.11. The average Bonchev–Trinajstić information content (AvgIpc) is 2.65. The lowest BCUT2D eigenvalue weighted by molar-refractivity contribution is 0.669. The highest BCUT2D eigenvalue weighted by molar-refractivity contribution is 9.11. The summed E-state index contributed by atoms with van der Waals surface area (Å²) in [6, 6.07) is 8.37. The van der Waals surface area contributed by atoms with E-state index < -0.39 is 0 Å². The third-order valence-electron chi connectivity index (χ3n) is 2.31. The molecule has 2 nitrogen and oxygen atoms in total. The minimum Gasteiger partial charge on any atom is -0.327 e. The van der Waals surface area contributed by atoms with Crippen LogP contribution in [0.5, 0.6) is 0 Å². The molecule has 0 fully saturated rings. The summed E-state index contributed by atoms with van der Waals surface area (Å²) in [4.78, 5) is 5.41. The van der Waals surface area contributed by atoms with Gasteiger partial charge in [-0.25, -0.2) is 0 Å². The predicted molar refractivity (Wildman–Crippen MR) is 71.6 cm³/mol. The fourth-order valence-corrected chi connectivity index (χ4v) is 3.19. The Balaban J connectivity index is 1.92. The molecule has 2 rings (SSSR count). The Morgan fingerprint density at radius 3 is 2.81 bits per heavy atom. The molecule has 84 valence electrons. The predicted octanol–water partition coefficient (Wildman–Crippen LogP) is 3.02. The number of nitrogens with two attached hydrogens (primary N) is 1. The number of nitrogens with zero attached hydrogens (tertiary/aromatic N) is 1. The number of halogens is 1. The van der Waals surface area contributed by atoms with Gasteiger partial charge in [-0.15, -0.1) is 11.3 Å². The van der Waals surface area contributed by atoms with E-state index in [2.05, 4.69) is 39.1 Å². The van der Waals surface area contributed by atoms with Crippen molar-refractivity contribution in [1.29, 1.82) is 0 Å². The molecular weight excluding hydrogens is 284 g/mol. The molecule has 1 atom stereocenters. The maximum absolute atomic E-state index is 6.11. The Morgan fingerprint density at radius 2 is 2.19 bits per heavy atom. The van der Waals surface area contributed by atoms with Gasteiger partial charge in [-0.2, -0.15) is 0 Å². The number of hydrogen-bond acceptors (Lipinski definition) is 3. The molecule has 4 heteroatoms. The van der Waals surface area contributed by atoms with E-state index in [4.69, 9.17) is 5.73 Å². The standard InChI is InChI=1S/C12H13BrN2S/c13-12-4-3-11(16-12)7-10(14)6-9-2-1-5-15-8-9/h1-5,8,10H,6-7,14H2. The van der Waals surface area contributed by atoms with E-state index in [9.17, 15) is 0 Å². The molecule has 2 heterocycles. The second-order valence-electron chi connectivity index (χ2n) is 3.74. The van der Waals surface area contributed by atoms with Crippen molar-refractivity contribution < 1.29 is 0 Å². The Hall–Kier alpha value is -0.710. The Morgan fingerprint density at radius 1 is 1.31 bits per heavy atom. The summed E-state index contributed by atoms with van der Waals surface area (Å²) in [6.45, 7) is 0. The van der Waals surface area contributed by atoms with Crippen LogP contribution in [0.1, 0.15) is 10.4 Å². The van der Waals surface area contributed by atoms with Gasteiger partial charge in [-0.1, -0.05) is 6.07 Å². The lowest BCUT2D eigenvalue weighted by atomic mass is 10.1. The van der Waals surface area contributed by atoms with Crippen LogP contribution < -0.4 is 5.73 Å². The molecule has 0 saturated carbocycles. The largest absolute Gasteiger partial charge is 0.327 e. The molecule has 0 amide bonds. The molecule has 0 bridgehead atoms. The summed E-state index contributed by atoms with van der Waals surface area (Å²) in [6.07, 6.45) is 5.46. The topological polar surface area (TPSA) is 38.9 Å². The molecule has 16 heavy (non-hydrogen) atoms. The van der Waals surface area contributed by atoms with Crippen LogP contribution in [0.4, 0.5) is 0 Å². The normalized spacial score (nSPS) is 12.6. The Kier molecular flexibility index (Phi) is 4.09. The van der Waals surface area contributed by atoms with Crippen LogP contribution in [-0.2, 0) is 12.8 Å². The van der Waals surface area contributed by atoms with Crippen molar-refractivity contribution in [2.75, 3.05) is 0 Å². The summed E-state index contributed by atoms with van der Waals surface area (Å²) in [5.74, 6) is 0. The van der Waals surface area contributed by atoms with Crippen molar-refractivity contribution in [3.63, 3.8) is 0 Å². The molecule has 0 aliphatic carbocycles. The zero-order valence-electron chi connectivity index (χ0n) is 8.77. The van der Waals surface area contributed by atoms with Crippen LogP contribution in [0.2, 0.25) is 0 Å². The Labute approximate surface area is 108 Å². The first-order chi connectivity index (χ1) is 7.74. The average molecular weight is 297 g/mol. The lowest BCUT2D eigenvalue weighted by Crippen LogP contribution is -2.25. The molecular formula is C12H13BrN2S. The van der Waals surface area contributed by atoms with Crippen LogP contribution >= 0.6 is 27.3 Å². The van der Waals surface area contributed by atoms with Crippen LogP contribution in [0.15, 0.2) is 40.4 Å². The van der Waals surface area contributed by atoms with Gasteiger partial charge in [0.1, 0.15) is 0 Å². The first kappa shape index (κ1) is 11.8. The SMILES string of the molecule is NC(Cc1cccnc1)Cc1ccc(Br)s1. The fourth-order valence-electron chi connectivity index (χ4n) is 1.61. The first-order valence-electron chi connectivity index (χ1n) is 5.13. The quantitative estimate of drug-likeness (QED) is 0.942. The fraction of sp³-hybridized carbons (Fsp3) is 0.250. The van der Waals surface area contributed by atoms with Gasteiger partial charge in [-0.3, -0.25) is 4.98 Å². The molecule has 1 unspecified atom stereocenters.